The normalized spacial score (nSPS) is 19.1. The Kier molecular flexibility index (Phi) is 4.30. The summed E-state index contributed by atoms with van der Waals surface area (Å²) in [6.07, 6.45) is 7.75. The zero-order chi connectivity index (χ0) is 11.2. The number of aliphatic hydroxyl groups excluding tert-OH is 1. The number of nitrogens with zero attached hydrogens (tertiary/aromatic N) is 4. The van der Waals surface area contributed by atoms with Crippen molar-refractivity contribution >= 4 is 0 Å². The van der Waals surface area contributed by atoms with Crippen molar-refractivity contribution in [1.29, 1.82) is 0 Å². The maximum absolute atomic E-state index is 8.73. The van der Waals surface area contributed by atoms with E-state index in [9.17, 15) is 0 Å². The number of piperidine rings is 1. The molecule has 5 heteroatoms. The third-order valence-electron chi connectivity index (χ3n) is 3.25. The van der Waals surface area contributed by atoms with Gasteiger partial charge in [-0.2, -0.15) is 5.10 Å². The maximum atomic E-state index is 8.73. The van der Waals surface area contributed by atoms with Crippen LogP contribution in [-0.4, -0.2) is 51.0 Å². The summed E-state index contributed by atoms with van der Waals surface area (Å²) in [7, 11) is 0. The van der Waals surface area contributed by atoms with Gasteiger partial charge < -0.3 is 10.0 Å². The highest BCUT2D eigenvalue weighted by Crippen LogP contribution is 2.21. The molecule has 0 bridgehead atoms. The highest BCUT2D eigenvalue weighted by atomic mass is 16.2. The topological polar surface area (TPSA) is 54.2 Å². The summed E-state index contributed by atoms with van der Waals surface area (Å²) in [4.78, 5) is 6.46. The molecule has 0 radical (unpaired) electrons. The molecule has 16 heavy (non-hydrogen) atoms. The molecule has 0 aliphatic carbocycles. The van der Waals surface area contributed by atoms with Crippen LogP contribution in [0.4, 0.5) is 0 Å². The molecule has 0 spiro atoms. The molecule has 0 unspecified atom stereocenters. The molecular weight excluding hydrogens is 204 g/mol. The summed E-state index contributed by atoms with van der Waals surface area (Å²) in [6, 6.07) is 0.525. The molecule has 1 aromatic heterocycles. The lowest BCUT2D eigenvalue weighted by Crippen LogP contribution is -2.35. The number of hydrogen-bond acceptors (Lipinski definition) is 4. The monoisotopic (exact) mass is 224 g/mol. The molecule has 1 fully saturated rings. The minimum Gasteiger partial charge on any atom is -0.396 e. The van der Waals surface area contributed by atoms with Crippen molar-refractivity contribution in [2.45, 2.75) is 31.7 Å². The Hall–Kier alpha value is -0.940. The van der Waals surface area contributed by atoms with Gasteiger partial charge in [0.25, 0.3) is 0 Å². The van der Waals surface area contributed by atoms with Gasteiger partial charge in [0.1, 0.15) is 12.7 Å². The molecule has 0 aromatic carbocycles. The van der Waals surface area contributed by atoms with Crippen LogP contribution >= 0.6 is 0 Å². The molecule has 1 saturated heterocycles. The van der Waals surface area contributed by atoms with E-state index in [0.717, 1.165) is 45.3 Å². The number of aliphatic hydroxyl groups is 1. The Morgan fingerprint density at radius 1 is 1.25 bits per heavy atom. The van der Waals surface area contributed by atoms with Gasteiger partial charge >= 0.3 is 0 Å². The number of hydrogen-bond donors (Lipinski definition) is 1. The first-order valence-electron chi connectivity index (χ1n) is 6.07. The second-order valence-corrected chi connectivity index (χ2v) is 4.38. The molecule has 90 valence electrons. The molecule has 1 aromatic rings. The van der Waals surface area contributed by atoms with E-state index in [2.05, 4.69) is 15.0 Å². The lowest BCUT2D eigenvalue weighted by Gasteiger charge is -2.31. The van der Waals surface area contributed by atoms with Gasteiger partial charge in [-0.3, -0.25) is 0 Å². The van der Waals surface area contributed by atoms with E-state index in [1.165, 1.54) is 0 Å². The Morgan fingerprint density at radius 3 is 2.69 bits per heavy atom. The van der Waals surface area contributed by atoms with Crippen molar-refractivity contribution in [3.63, 3.8) is 0 Å². The van der Waals surface area contributed by atoms with Crippen LogP contribution in [0.15, 0.2) is 12.7 Å². The zero-order valence-electron chi connectivity index (χ0n) is 9.62. The van der Waals surface area contributed by atoms with Gasteiger partial charge in [0.2, 0.25) is 0 Å². The Balaban J connectivity index is 1.70. The first-order chi connectivity index (χ1) is 7.90. The van der Waals surface area contributed by atoms with Gasteiger partial charge in [-0.05, 0) is 32.2 Å². The number of aromatic nitrogens is 3. The van der Waals surface area contributed by atoms with Gasteiger partial charge in [-0.15, -0.1) is 0 Å². The van der Waals surface area contributed by atoms with E-state index in [4.69, 9.17) is 5.11 Å². The molecule has 1 aliphatic heterocycles. The molecule has 0 atom stereocenters. The SMILES string of the molecule is OCCCCN1CCC(n2cncn2)CC1. The average molecular weight is 224 g/mol. The van der Waals surface area contributed by atoms with Crippen molar-refractivity contribution in [2.24, 2.45) is 0 Å². The quantitative estimate of drug-likeness (QED) is 0.748. The summed E-state index contributed by atoms with van der Waals surface area (Å²) in [5.41, 5.74) is 0. The third kappa shape index (κ3) is 3.02. The fraction of sp³-hybridized carbons (Fsp3) is 0.818. The van der Waals surface area contributed by atoms with Crippen molar-refractivity contribution < 1.29 is 5.11 Å². The van der Waals surface area contributed by atoms with E-state index < -0.39 is 0 Å². The van der Waals surface area contributed by atoms with Crippen LogP contribution < -0.4 is 0 Å². The number of rotatable bonds is 5. The van der Waals surface area contributed by atoms with Crippen LogP contribution in [0.25, 0.3) is 0 Å². The number of likely N-dealkylation sites (tertiary alicyclic amines) is 1. The van der Waals surface area contributed by atoms with Crippen molar-refractivity contribution in [3.05, 3.63) is 12.7 Å². The minimum atomic E-state index is 0.315. The highest BCUT2D eigenvalue weighted by Gasteiger charge is 2.20. The zero-order valence-corrected chi connectivity index (χ0v) is 9.62. The van der Waals surface area contributed by atoms with E-state index in [1.807, 2.05) is 11.0 Å². The maximum Gasteiger partial charge on any atom is 0.137 e. The van der Waals surface area contributed by atoms with Crippen LogP contribution in [0.5, 0.6) is 0 Å². The Bertz CT molecular complexity index is 280. The van der Waals surface area contributed by atoms with Crippen LogP contribution in [0.2, 0.25) is 0 Å². The minimum absolute atomic E-state index is 0.315. The standard InChI is InChI=1S/C11H20N4O/c16-8-2-1-5-14-6-3-11(4-7-14)15-10-12-9-13-15/h9-11,16H,1-8H2. The lowest BCUT2D eigenvalue weighted by atomic mass is 10.1. The van der Waals surface area contributed by atoms with E-state index in [1.54, 1.807) is 6.33 Å². The molecule has 1 aliphatic rings. The van der Waals surface area contributed by atoms with Crippen molar-refractivity contribution in [2.75, 3.05) is 26.2 Å². The molecule has 2 heterocycles. The van der Waals surface area contributed by atoms with Gasteiger partial charge in [0.15, 0.2) is 0 Å². The van der Waals surface area contributed by atoms with Crippen molar-refractivity contribution in [1.82, 2.24) is 19.7 Å². The predicted molar refractivity (Wildman–Crippen MR) is 61.1 cm³/mol. The second-order valence-electron chi connectivity index (χ2n) is 4.38. The van der Waals surface area contributed by atoms with Gasteiger partial charge in [0.05, 0.1) is 6.04 Å². The van der Waals surface area contributed by atoms with Crippen LogP contribution in [-0.2, 0) is 0 Å². The summed E-state index contributed by atoms with van der Waals surface area (Å²) in [6.45, 7) is 3.70. The van der Waals surface area contributed by atoms with Crippen molar-refractivity contribution in [3.8, 4) is 0 Å². The highest BCUT2D eigenvalue weighted by molar-refractivity contribution is 4.77. The molecule has 0 saturated carbocycles. The molecule has 0 amide bonds. The Morgan fingerprint density at radius 2 is 2.06 bits per heavy atom. The summed E-state index contributed by atoms with van der Waals surface area (Å²) >= 11 is 0. The van der Waals surface area contributed by atoms with E-state index >= 15 is 0 Å². The first kappa shape index (κ1) is 11.5. The molecule has 5 nitrogen and oxygen atoms in total. The Labute approximate surface area is 96.1 Å². The third-order valence-corrected chi connectivity index (χ3v) is 3.25. The fourth-order valence-corrected chi connectivity index (χ4v) is 2.26. The summed E-state index contributed by atoms with van der Waals surface area (Å²) in [5.74, 6) is 0. The smallest absolute Gasteiger partial charge is 0.137 e. The average Bonchev–Trinajstić information content (AvgIpc) is 2.84. The molecule has 2 rings (SSSR count). The van der Waals surface area contributed by atoms with Gasteiger partial charge in [-0.1, -0.05) is 0 Å². The lowest BCUT2D eigenvalue weighted by molar-refractivity contribution is 0.172. The van der Waals surface area contributed by atoms with Gasteiger partial charge in [0, 0.05) is 19.7 Å². The van der Waals surface area contributed by atoms with Crippen LogP contribution in [0.1, 0.15) is 31.7 Å². The largest absolute Gasteiger partial charge is 0.396 e. The van der Waals surface area contributed by atoms with E-state index in [0.29, 0.717) is 12.6 Å². The van der Waals surface area contributed by atoms with Gasteiger partial charge in [-0.25, -0.2) is 9.67 Å². The van der Waals surface area contributed by atoms with E-state index in [-0.39, 0.29) is 0 Å². The number of unbranched alkanes of at least 4 members (excludes halogenated alkanes) is 1. The summed E-state index contributed by atoms with van der Waals surface area (Å²) in [5, 5.41) is 12.9. The first-order valence-corrected chi connectivity index (χ1v) is 6.07. The van der Waals surface area contributed by atoms with Crippen LogP contribution in [0.3, 0.4) is 0 Å². The summed E-state index contributed by atoms with van der Waals surface area (Å²) < 4.78 is 1.98. The molecular formula is C11H20N4O. The van der Waals surface area contributed by atoms with Crippen LogP contribution in [0, 0.1) is 0 Å². The predicted octanol–water partition coefficient (Wildman–Crippen LogP) is 0.687. The molecule has 1 N–H and O–H groups in total. The fourth-order valence-electron chi connectivity index (χ4n) is 2.26. The second kappa shape index (κ2) is 5.96.